The summed E-state index contributed by atoms with van der Waals surface area (Å²) in [7, 11) is 0. The van der Waals surface area contributed by atoms with Crippen LogP contribution in [0, 0.1) is 0 Å². The van der Waals surface area contributed by atoms with Crippen molar-refractivity contribution in [2.45, 2.75) is 25.8 Å². The molecule has 0 aliphatic carbocycles. The number of carboxylic acid groups (broad SMARTS) is 1. The molecule has 0 aromatic heterocycles. The number of carbonyl (C=O) groups is 2. The van der Waals surface area contributed by atoms with Gasteiger partial charge in [0.05, 0.1) is 6.42 Å². The maximum absolute atomic E-state index is 12.3. The number of benzene rings is 1. The van der Waals surface area contributed by atoms with Crippen LogP contribution in [0.1, 0.15) is 18.1 Å². The van der Waals surface area contributed by atoms with Crippen LogP contribution < -0.4 is 5.32 Å². The zero-order valence-electron chi connectivity index (χ0n) is 10.1. The second kappa shape index (κ2) is 6.74. The molecule has 5 heteroatoms. The van der Waals surface area contributed by atoms with Gasteiger partial charge in [-0.3, -0.25) is 4.79 Å². The third-order valence-electron chi connectivity index (χ3n) is 2.55. The van der Waals surface area contributed by atoms with E-state index in [0.717, 1.165) is 17.5 Å². The molecule has 1 atom stereocenters. The Hall–Kier alpha value is -1.91. The number of aliphatic carboxylic acids is 1. The Morgan fingerprint density at radius 2 is 2.06 bits per heavy atom. The molecule has 0 aliphatic heterocycles. The Morgan fingerprint density at radius 1 is 1.39 bits per heavy atom. The monoisotopic (exact) mass is 253 g/mol. The molecule has 2 N–H and O–H groups in total. The summed E-state index contributed by atoms with van der Waals surface area (Å²) in [5, 5.41) is 10.8. The highest BCUT2D eigenvalue weighted by atomic mass is 19.1. The number of nitrogens with one attached hydrogen (secondary N) is 1. The highest BCUT2D eigenvalue weighted by Gasteiger charge is 2.19. The molecule has 1 rings (SSSR count). The predicted octanol–water partition coefficient (Wildman–Crippen LogP) is 1.33. The molecular weight excluding hydrogens is 237 g/mol. The first-order valence-corrected chi connectivity index (χ1v) is 5.72. The largest absolute Gasteiger partial charge is 0.480 e. The van der Waals surface area contributed by atoms with E-state index in [-0.39, 0.29) is 6.42 Å². The SMILES string of the molecule is CCc1cccc(CC(=O)NC(CF)C(=O)O)c1. The molecule has 1 unspecified atom stereocenters. The zero-order chi connectivity index (χ0) is 13.5. The number of aryl methyl sites for hydroxylation is 1. The number of rotatable bonds is 6. The van der Waals surface area contributed by atoms with Gasteiger partial charge in [-0.25, -0.2) is 9.18 Å². The van der Waals surface area contributed by atoms with Crippen LogP contribution in [0.2, 0.25) is 0 Å². The topological polar surface area (TPSA) is 66.4 Å². The van der Waals surface area contributed by atoms with E-state index in [1.54, 1.807) is 6.07 Å². The number of amides is 1. The summed E-state index contributed by atoms with van der Waals surface area (Å²) in [6, 6.07) is 5.98. The summed E-state index contributed by atoms with van der Waals surface area (Å²) in [6.45, 7) is 0.888. The van der Waals surface area contributed by atoms with Crippen molar-refractivity contribution in [2.75, 3.05) is 6.67 Å². The fraction of sp³-hybridized carbons (Fsp3) is 0.385. The second-order valence-electron chi connectivity index (χ2n) is 3.96. The molecule has 0 spiro atoms. The average molecular weight is 253 g/mol. The van der Waals surface area contributed by atoms with Crippen LogP contribution >= 0.6 is 0 Å². The molecular formula is C13H16FNO3. The van der Waals surface area contributed by atoms with Gasteiger partial charge in [-0.15, -0.1) is 0 Å². The predicted molar refractivity (Wildman–Crippen MR) is 65.1 cm³/mol. The lowest BCUT2D eigenvalue weighted by atomic mass is 10.1. The van der Waals surface area contributed by atoms with E-state index in [0.29, 0.717) is 0 Å². The third kappa shape index (κ3) is 4.16. The normalized spacial score (nSPS) is 11.9. The highest BCUT2D eigenvalue weighted by molar-refractivity contribution is 5.84. The highest BCUT2D eigenvalue weighted by Crippen LogP contribution is 2.06. The second-order valence-corrected chi connectivity index (χ2v) is 3.96. The van der Waals surface area contributed by atoms with Crippen molar-refractivity contribution in [3.05, 3.63) is 35.4 Å². The van der Waals surface area contributed by atoms with E-state index in [2.05, 4.69) is 5.32 Å². The summed E-state index contributed by atoms with van der Waals surface area (Å²) in [4.78, 5) is 22.1. The van der Waals surface area contributed by atoms with Gasteiger partial charge < -0.3 is 10.4 Å². The van der Waals surface area contributed by atoms with Crippen molar-refractivity contribution in [2.24, 2.45) is 0 Å². The Morgan fingerprint density at radius 3 is 2.61 bits per heavy atom. The first-order chi connectivity index (χ1) is 8.56. The van der Waals surface area contributed by atoms with E-state index < -0.39 is 24.6 Å². The number of hydrogen-bond donors (Lipinski definition) is 2. The standard InChI is InChI=1S/C13H16FNO3/c1-2-9-4-3-5-10(6-9)7-12(16)15-11(8-14)13(17)18/h3-6,11H,2,7-8H2,1H3,(H,15,16)(H,17,18). The maximum atomic E-state index is 12.3. The van der Waals surface area contributed by atoms with E-state index in [9.17, 15) is 14.0 Å². The molecule has 0 aliphatic rings. The molecule has 1 aromatic carbocycles. The summed E-state index contributed by atoms with van der Waals surface area (Å²) in [6.07, 6.45) is 0.912. The lowest BCUT2D eigenvalue weighted by Gasteiger charge is -2.11. The van der Waals surface area contributed by atoms with Crippen molar-refractivity contribution < 1.29 is 19.1 Å². The molecule has 0 saturated carbocycles. The van der Waals surface area contributed by atoms with Gasteiger partial charge in [0.15, 0.2) is 6.04 Å². The fourth-order valence-electron chi connectivity index (χ4n) is 1.56. The summed E-state index contributed by atoms with van der Waals surface area (Å²) in [5.41, 5.74) is 1.88. The number of hydrogen-bond acceptors (Lipinski definition) is 2. The van der Waals surface area contributed by atoms with Crippen molar-refractivity contribution in [1.29, 1.82) is 0 Å². The Labute approximate surface area is 105 Å². The van der Waals surface area contributed by atoms with Gasteiger partial charge in [0.25, 0.3) is 0 Å². The molecule has 18 heavy (non-hydrogen) atoms. The van der Waals surface area contributed by atoms with E-state index in [1.807, 2.05) is 25.1 Å². The minimum Gasteiger partial charge on any atom is -0.480 e. The van der Waals surface area contributed by atoms with Crippen molar-refractivity contribution in [1.82, 2.24) is 5.32 Å². The van der Waals surface area contributed by atoms with Crippen LogP contribution in [0.25, 0.3) is 0 Å². The molecule has 0 fully saturated rings. The van der Waals surface area contributed by atoms with E-state index in [4.69, 9.17) is 5.11 Å². The van der Waals surface area contributed by atoms with Crippen molar-refractivity contribution in [3.8, 4) is 0 Å². The lowest BCUT2D eigenvalue weighted by Crippen LogP contribution is -2.43. The molecule has 1 aromatic rings. The van der Waals surface area contributed by atoms with Gasteiger partial charge in [0.2, 0.25) is 5.91 Å². The first kappa shape index (κ1) is 14.2. The maximum Gasteiger partial charge on any atom is 0.328 e. The van der Waals surface area contributed by atoms with Crippen LogP contribution in [-0.4, -0.2) is 29.7 Å². The Balaban J connectivity index is 2.61. The molecule has 0 bridgehead atoms. The zero-order valence-corrected chi connectivity index (χ0v) is 10.1. The van der Waals surface area contributed by atoms with E-state index >= 15 is 0 Å². The van der Waals surface area contributed by atoms with Crippen LogP contribution in [-0.2, 0) is 22.4 Å². The Kier molecular flexibility index (Phi) is 5.30. The minimum absolute atomic E-state index is 0.0532. The van der Waals surface area contributed by atoms with Crippen LogP contribution in [0.5, 0.6) is 0 Å². The fourth-order valence-corrected chi connectivity index (χ4v) is 1.56. The molecule has 0 heterocycles. The number of alkyl halides is 1. The molecule has 0 saturated heterocycles. The first-order valence-electron chi connectivity index (χ1n) is 5.72. The average Bonchev–Trinajstić information content (AvgIpc) is 2.35. The van der Waals surface area contributed by atoms with Crippen LogP contribution in [0.4, 0.5) is 4.39 Å². The quantitative estimate of drug-likeness (QED) is 0.803. The van der Waals surface area contributed by atoms with Gasteiger partial charge >= 0.3 is 5.97 Å². The summed E-state index contributed by atoms with van der Waals surface area (Å²) < 4.78 is 12.3. The summed E-state index contributed by atoms with van der Waals surface area (Å²) >= 11 is 0. The smallest absolute Gasteiger partial charge is 0.328 e. The van der Waals surface area contributed by atoms with Gasteiger partial charge in [-0.1, -0.05) is 31.2 Å². The molecule has 0 radical (unpaired) electrons. The van der Waals surface area contributed by atoms with Crippen molar-refractivity contribution >= 4 is 11.9 Å². The van der Waals surface area contributed by atoms with Gasteiger partial charge in [-0.05, 0) is 17.5 Å². The van der Waals surface area contributed by atoms with Crippen molar-refractivity contribution in [3.63, 3.8) is 0 Å². The number of carbonyl (C=O) groups excluding carboxylic acids is 1. The van der Waals surface area contributed by atoms with Gasteiger partial charge in [-0.2, -0.15) is 0 Å². The molecule has 1 amide bonds. The third-order valence-corrected chi connectivity index (χ3v) is 2.55. The van der Waals surface area contributed by atoms with E-state index in [1.165, 1.54) is 0 Å². The van der Waals surface area contributed by atoms with Crippen LogP contribution in [0.3, 0.4) is 0 Å². The van der Waals surface area contributed by atoms with Gasteiger partial charge in [0.1, 0.15) is 6.67 Å². The number of halogens is 1. The van der Waals surface area contributed by atoms with Crippen LogP contribution in [0.15, 0.2) is 24.3 Å². The van der Waals surface area contributed by atoms with Gasteiger partial charge in [0, 0.05) is 0 Å². The summed E-state index contributed by atoms with van der Waals surface area (Å²) in [5.74, 6) is -1.86. The molecule has 4 nitrogen and oxygen atoms in total. The number of carboxylic acids is 1. The Bertz CT molecular complexity index is 434. The molecule has 98 valence electrons. The lowest BCUT2D eigenvalue weighted by molar-refractivity contribution is -0.142. The minimum atomic E-state index is -1.47.